The number of rotatable bonds is 8. The summed E-state index contributed by atoms with van der Waals surface area (Å²) in [6.45, 7) is 3.59. The molecule has 1 saturated heterocycles. The Labute approximate surface area is 170 Å². The van der Waals surface area contributed by atoms with Crippen molar-refractivity contribution < 1.29 is 19.4 Å². The summed E-state index contributed by atoms with van der Waals surface area (Å²) in [5, 5.41) is 12.4. The number of amides is 1. The molecule has 1 fully saturated rings. The second-order valence-electron chi connectivity index (χ2n) is 7.14. The quantitative estimate of drug-likeness (QED) is 0.712. The van der Waals surface area contributed by atoms with Gasteiger partial charge in [0.15, 0.2) is 0 Å². The number of hydrogen-bond acceptors (Lipinski definition) is 5. The lowest BCUT2D eigenvalue weighted by Crippen LogP contribution is -2.48. The van der Waals surface area contributed by atoms with Gasteiger partial charge in [-0.3, -0.25) is 14.5 Å². The minimum atomic E-state index is -0.948. The van der Waals surface area contributed by atoms with Gasteiger partial charge in [-0.25, -0.2) is 0 Å². The topological polar surface area (TPSA) is 82.1 Å². The van der Waals surface area contributed by atoms with Crippen LogP contribution >= 0.6 is 0 Å². The number of carbonyl (C=O) groups excluding carboxylic acids is 1. The number of nitrogens with zero attached hydrogens (tertiary/aromatic N) is 2. The number of anilines is 2. The lowest BCUT2D eigenvalue weighted by Gasteiger charge is -2.37. The summed E-state index contributed by atoms with van der Waals surface area (Å²) in [5.41, 5.74) is 1.77. The van der Waals surface area contributed by atoms with Crippen LogP contribution in [0.4, 0.5) is 11.4 Å². The molecule has 29 heavy (non-hydrogen) atoms. The molecule has 1 aliphatic rings. The van der Waals surface area contributed by atoms with Crippen LogP contribution in [0.3, 0.4) is 0 Å². The van der Waals surface area contributed by atoms with Crippen molar-refractivity contribution in [2.75, 3.05) is 50.1 Å². The SMILES string of the molecule is COc1cccc(NC(=O)C[C@H](CN2CCN(c3ccccc3)CC2)C(=O)O)c1. The van der Waals surface area contributed by atoms with Crippen LogP contribution in [0.15, 0.2) is 54.6 Å². The highest BCUT2D eigenvalue weighted by Crippen LogP contribution is 2.19. The molecule has 0 aromatic heterocycles. The van der Waals surface area contributed by atoms with Crippen LogP contribution in [-0.2, 0) is 9.59 Å². The molecule has 7 heteroatoms. The molecule has 2 aromatic rings. The van der Waals surface area contributed by atoms with Crippen LogP contribution in [0.5, 0.6) is 5.75 Å². The average molecular weight is 397 g/mol. The highest BCUT2D eigenvalue weighted by Gasteiger charge is 2.26. The van der Waals surface area contributed by atoms with E-state index in [4.69, 9.17) is 4.74 Å². The predicted octanol–water partition coefficient (Wildman–Crippen LogP) is 2.55. The Kier molecular flexibility index (Phi) is 7.08. The Balaban J connectivity index is 1.51. The molecule has 1 aliphatic heterocycles. The van der Waals surface area contributed by atoms with Crippen molar-refractivity contribution in [3.8, 4) is 5.75 Å². The molecule has 0 radical (unpaired) electrons. The Morgan fingerprint density at radius 2 is 1.79 bits per heavy atom. The van der Waals surface area contributed by atoms with E-state index >= 15 is 0 Å². The smallest absolute Gasteiger partial charge is 0.308 e. The zero-order chi connectivity index (χ0) is 20.6. The van der Waals surface area contributed by atoms with E-state index in [1.807, 2.05) is 18.2 Å². The molecule has 0 saturated carbocycles. The van der Waals surface area contributed by atoms with Gasteiger partial charge in [-0.1, -0.05) is 24.3 Å². The third-order valence-corrected chi connectivity index (χ3v) is 5.11. The first-order valence-electron chi connectivity index (χ1n) is 9.74. The molecule has 154 valence electrons. The first kappa shape index (κ1) is 20.7. The number of piperazine rings is 1. The lowest BCUT2D eigenvalue weighted by molar-refractivity contribution is -0.144. The number of ether oxygens (including phenoxy) is 1. The van der Waals surface area contributed by atoms with E-state index in [-0.39, 0.29) is 12.3 Å². The number of carboxylic acid groups (broad SMARTS) is 1. The van der Waals surface area contributed by atoms with Crippen molar-refractivity contribution in [1.82, 2.24) is 4.90 Å². The van der Waals surface area contributed by atoms with Crippen molar-refractivity contribution in [3.05, 3.63) is 54.6 Å². The Morgan fingerprint density at radius 3 is 2.45 bits per heavy atom. The van der Waals surface area contributed by atoms with Gasteiger partial charge in [0.2, 0.25) is 5.91 Å². The van der Waals surface area contributed by atoms with Gasteiger partial charge in [0.25, 0.3) is 0 Å². The number of nitrogens with one attached hydrogen (secondary N) is 1. The summed E-state index contributed by atoms with van der Waals surface area (Å²) >= 11 is 0. The lowest BCUT2D eigenvalue weighted by atomic mass is 10.0. The van der Waals surface area contributed by atoms with Crippen molar-refractivity contribution in [1.29, 1.82) is 0 Å². The molecule has 1 amide bonds. The van der Waals surface area contributed by atoms with Gasteiger partial charge in [-0.05, 0) is 24.3 Å². The van der Waals surface area contributed by atoms with Crippen molar-refractivity contribution >= 4 is 23.3 Å². The molecule has 0 bridgehead atoms. The summed E-state index contributed by atoms with van der Waals surface area (Å²) in [4.78, 5) is 28.5. The number of methoxy groups -OCH3 is 1. The minimum Gasteiger partial charge on any atom is -0.497 e. The van der Waals surface area contributed by atoms with E-state index < -0.39 is 11.9 Å². The first-order chi connectivity index (χ1) is 14.0. The number of carbonyl (C=O) groups is 2. The van der Waals surface area contributed by atoms with Crippen molar-refractivity contribution in [2.24, 2.45) is 5.92 Å². The molecule has 0 aliphatic carbocycles. The van der Waals surface area contributed by atoms with Crippen LogP contribution in [0.2, 0.25) is 0 Å². The fraction of sp³-hybridized carbons (Fsp3) is 0.364. The van der Waals surface area contributed by atoms with Gasteiger partial charge in [0.1, 0.15) is 5.75 Å². The molecule has 1 atom stereocenters. The number of hydrogen-bond donors (Lipinski definition) is 2. The van der Waals surface area contributed by atoms with Gasteiger partial charge >= 0.3 is 5.97 Å². The second-order valence-corrected chi connectivity index (χ2v) is 7.14. The maximum Gasteiger partial charge on any atom is 0.308 e. The van der Waals surface area contributed by atoms with E-state index in [9.17, 15) is 14.7 Å². The van der Waals surface area contributed by atoms with Gasteiger partial charge in [0.05, 0.1) is 13.0 Å². The van der Waals surface area contributed by atoms with Crippen LogP contribution < -0.4 is 15.0 Å². The van der Waals surface area contributed by atoms with Gasteiger partial charge in [0, 0.05) is 56.6 Å². The number of aliphatic carboxylic acids is 1. The van der Waals surface area contributed by atoms with Gasteiger partial charge < -0.3 is 20.1 Å². The third-order valence-electron chi connectivity index (χ3n) is 5.11. The maximum atomic E-state index is 12.4. The number of benzene rings is 2. The van der Waals surface area contributed by atoms with Crippen molar-refractivity contribution in [3.63, 3.8) is 0 Å². The number of carboxylic acids is 1. The molecule has 1 heterocycles. The molecule has 0 unspecified atom stereocenters. The number of para-hydroxylation sites is 1. The highest BCUT2D eigenvalue weighted by molar-refractivity contribution is 5.93. The molecule has 0 spiro atoms. The maximum absolute atomic E-state index is 12.4. The van der Waals surface area contributed by atoms with Crippen LogP contribution in [0.25, 0.3) is 0 Å². The molecular weight excluding hydrogens is 370 g/mol. The summed E-state index contributed by atoms with van der Waals surface area (Å²) in [7, 11) is 1.55. The largest absolute Gasteiger partial charge is 0.497 e. The first-order valence-corrected chi connectivity index (χ1v) is 9.74. The summed E-state index contributed by atoms with van der Waals surface area (Å²) in [5.74, 6) is -1.37. The van der Waals surface area contributed by atoms with E-state index in [0.29, 0.717) is 18.0 Å². The standard InChI is InChI=1S/C22H27N3O4/c1-29-20-9-5-6-18(15-20)23-21(26)14-17(22(27)28)16-24-10-12-25(13-11-24)19-7-3-2-4-8-19/h2-9,15,17H,10-14,16H2,1H3,(H,23,26)(H,27,28)/t17-/m1/s1. The van der Waals surface area contributed by atoms with E-state index in [0.717, 1.165) is 26.2 Å². The Morgan fingerprint density at radius 1 is 1.07 bits per heavy atom. The fourth-order valence-electron chi connectivity index (χ4n) is 3.51. The van der Waals surface area contributed by atoms with Gasteiger partial charge in [-0.2, -0.15) is 0 Å². The second kappa shape index (κ2) is 9.93. The average Bonchev–Trinajstić information content (AvgIpc) is 2.74. The molecule has 7 nitrogen and oxygen atoms in total. The van der Waals surface area contributed by atoms with Crippen LogP contribution in [-0.4, -0.2) is 61.7 Å². The molecular formula is C22H27N3O4. The van der Waals surface area contributed by atoms with E-state index in [1.165, 1.54) is 5.69 Å². The predicted molar refractivity (Wildman–Crippen MR) is 112 cm³/mol. The minimum absolute atomic E-state index is 0.0640. The molecule has 2 aromatic carbocycles. The van der Waals surface area contributed by atoms with E-state index in [2.05, 4.69) is 27.2 Å². The Hall–Kier alpha value is -3.06. The molecule has 3 rings (SSSR count). The highest BCUT2D eigenvalue weighted by atomic mass is 16.5. The summed E-state index contributed by atoms with van der Waals surface area (Å²) in [6.07, 6.45) is -0.0640. The third kappa shape index (κ3) is 5.96. The van der Waals surface area contributed by atoms with Crippen LogP contribution in [0, 0.1) is 5.92 Å². The van der Waals surface area contributed by atoms with E-state index in [1.54, 1.807) is 31.4 Å². The normalized spacial score (nSPS) is 15.6. The zero-order valence-corrected chi connectivity index (χ0v) is 16.6. The summed E-state index contributed by atoms with van der Waals surface area (Å²) in [6, 6.07) is 17.2. The van der Waals surface area contributed by atoms with Gasteiger partial charge in [-0.15, -0.1) is 0 Å². The monoisotopic (exact) mass is 397 g/mol. The van der Waals surface area contributed by atoms with Crippen molar-refractivity contribution in [2.45, 2.75) is 6.42 Å². The zero-order valence-electron chi connectivity index (χ0n) is 16.6. The fourth-order valence-corrected chi connectivity index (χ4v) is 3.51. The Bertz CT molecular complexity index is 820. The van der Waals surface area contributed by atoms with Crippen LogP contribution in [0.1, 0.15) is 6.42 Å². The summed E-state index contributed by atoms with van der Waals surface area (Å²) < 4.78 is 5.14. The molecule has 2 N–H and O–H groups in total.